The summed E-state index contributed by atoms with van der Waals surface area (Å²) in [5.74, 6) is -0.962. The number of hydrogen-bond donors (Lipinski definition) is 3. The van der Waals surface area contributed by atoms with Crippen LogP contribution >= 0.6 is 0 Å². The molecule has 4 N–H and O–H groups in total. The number of nitrogens with two attached hydrogens (primary N) is 1. The van der Waals surface area contributed by atoms with Gasteiger partial charge in [-0.25, -0.2) is 0 Å². The molecular formula is C8H16N2O3. The molecule has 2 atom stereocenters. The molecule has 0 aromatic rings. The number of carbonyl (C=O) groups is 1. The minimum Gasteiger partial charge on any atom is -0.481 e. The lowest BCUT2D eigenvalue weighted by molar-refractivity contribution is -0.139. The Hall–Kier alpha value is -0.650. The molecule has 1 saturated heterocycles. The number of likely N-dealkylation sites (tertiary alicyclic amines) is 1. The summed E-state index contributed by atoms with van der Waals surface area (Å²) >= 11 is 0. The molecule has 0 radical (unpaired) electrons. The van der Waals surface area contributed by atoms with E-state index in [0.29, 0.717) is 6.54 Å². The van der Waals surface area contributed by atoms with Crippen LogP contribution in [0.15, 0.2) is 0 Å². The quantitative estimate of drug-likeness (QED) is 0.519. The summed E-state index contributed by atoms with van der Waals surface area (Å²) in [5.41, 5.74) is 5.66. The number of nitrogens with zero attached hydrogens (tertiary/aromatic N) is 1. The molecule has 5 heteroatoms. The highest BCUT2D eigenvalue weighted by Gasteiger charge is 2.21. The van der Waals surface area contributed by atoms with Gasteiger partial charge >= 0.3 is 5.97 Å². The molecular weight excluding hydrogens is 172 g/mol. The average Bonchev–Trinajstić information content (AvgIpc) is 2.33. The molecule has 0 aromatic carbocycles. The van der Waals surface area contributed by atoms with Crippen molar-refractivity contribution in [2.24, 2.45) is 5.73 Å². The highest BCUT2D eigenvalue weighted by molar-refractivity contribution is 5.67. The highest BCUT2D eigenvalue weighted by atomic mass is 16.4. The van der Waals surface area contributed by atoms with E-state index in [1.54, 1.807) is 0 Å². The van der Waals surface area contributed by atoms with Crippen molar-refractivity contribution < 1.29 is 15.0 Å². The standard InChI is InChI=1S/C8H16N2O3/c9-6-1-2-10(4-6)5-7(11)3-8(12)13/h6-7,11H,1-5,9H2,(H,12,13). The van der Waals surface area contributed by atoms with E-state index in [1.165, 1.54) is 0 Å². The monoisotopic (exact) mass is 188 g/mol. The van der Waals surface area contributed by atoms with Crippen molar-refractivity contribution in [1.29, 1.82) is 0 Å². The van der Waals surface area contributed by atoms with Gasteiger partial charge in [0.1, 0.15) is 0 Å². The lowest BCUT2D eigenvalue weighted by atomic mass is 10.2. The van der Waals surface area contributed by atoms with Gasteiger partial charge in [0, 0.05) is 19.1 Å². The molecule has 0 spiro atoms. The second-order valence-electron chi connectivity index (χ2n) is 3.56. The number of β-amino-alcohol motifs (C(OH)–C–C–N with tert-alkyl or cyclic N) is 1. The summed E-state index contributed by atoms with van der Waals surface area (Å²) < 4.78 is 0. The van der Waals surface area contributed by atoms with Crippen molar-refractivity contribution in [3.05, 3.63) is 0 Å². The van der Waals surface area contributed by atoms with Gasteiger partial charge < -0.3 is 15.9 Å². The van der Waals surface area contributed by atoms with Crippen molar-refractivity contribution in [2.75, 3.05) is 19.6 Å². The minimum atomic E-state index is -0.962. The molecule has 0 saturated carbocycles. The maximum atomic E-state index is 10.2. The van der Waals surface area contributed by atoms with Crippen molar-refractivity contribution in [2.45, 2.75) is 25.0 Å². The number of rotatable bonds is 4. The smallest absolute Gasteiger partial charge is 0.306 e. The second-order valence-corrected chi connectivity index (χ2v) is 3.56. The molecule has 2 unspecified atom stereocenters. The molecule has 0 aliphatic carbocycles. The Morgan fingerprint density at radius 1 is 1.69 bits per heavy atom. The SMILES string of the molecule is NC1CCN(CC(O)CC(=O)O)C1. The van der Waals surface area contributed by atoms with Gasteiger partial charge in [-0.05, 0) is 13.0 Å². The number of hydrogen-bond acceptors (Lipinski definition) is 4. The van der Waals surface area contributed by atoms with Crippen LogP contribution in [0.2, 0.25) is 0 Å². The van der Waals surface area contributed by atoms with Crippen LogP contribution in [-0.4, -0.2) is 52.9 Å². The fraction of sp³-hybridized carbons (Fsp3) is 0.875. The summed E-state index contributed by atoms with van der Waals surface area (Å²) in [5, 5.41) is 17.7. The minimum absolute atomic E-state index is 0.178. The van der Waals surface area contributed by atoms with Crippen LogP contribution < -0.4 is 5.73 Å². The molecule has 13 heavy (non-hydrogen) atoms. The van der Waals surface area contributed by atoms with E-state index in [-0.39, 0.29) is 12.5 Å². The number of aliphatic hydroxyl groups is 1. The normalized spacial score (nSPS) is 26.2. The Kier molecular flexibility index (Phi) is 3.65. The number of carboxylic acids is 1. The number of carboxylic acid groups (broad SMARTS) is 1. The first kappa shape index (κ1) is 10.4. The van der Waals surface area contributed by atoms with E-state index in [2.05, 4.69) is 0 Å². The molecule has 1 rings (SSSR count). The molecule has 5 nitrogen and oxygen atoms in total. The van der Waals surface area contributed by atoms with Crippen molar-refractivity contribution in [3.8, 4) is 0 Å². The van der Waals surface area contributed by atoms with Crippen LogP contribution in [0.5, 0.6) is 0 Å². The van der Waals surface area contributed by atoms with Gasteiger partial charge in [0.25, 0.3) is 0 Å². The molecule has 0 amide bonds. The lowest BCUT2D eigenvalue weighted by Crippen LogP contribution is -2.34. The predicted octanol–water partition coefficient (Wildman–Crippen LogP) is -1.14. The van der Waals surface area contributed by atoms with Crippen LogP contribution in [0.4, 0.5) is 0 Å². The third kappa shape index (κ3) is 3.71. The molecule has 1 heterocycles. The highest BCUT2D eigenvalue weighted by Crippen LogP contribution is 2.08. The third-order valence-corrected chi connectivity index (χ3v) is 2.19. The van der Waals surface area contributed by atoms with Gasteiger partial charge in [0.2, 0.25) is 0 Å². The molecule has 1 aliphatic heterocycles. The molecule has 1 fully saturated rings. The molecule has 0 aromatic heterocycles. The van der Waals surface area contributed by atoms with Gasteiger partial charge in [-0.2, -0.15) is 0 Å². The second kappa shape index (κ2) is 4.55. The van der Waals surface area contributed by atoms with E-state index < -0.39 is 12.1 Å². The molecule has 1 aliphatic rings. The first-order valence-corrected chi connectivity index (χ1v) is 4.45. The average molecular weight is 188 g/mol. The molecule has 0 bridgehead atoms. The Bertz CT molecular complexity index is 186. The van der Waals surface area contributed by atoms with Crippen LogP contribution in [-0.2, 0) is 4.79 Å². The van der Waals surface area contributed by atoms with Crippen molar-refractivity contribution >= 4 is 5.97 Å². The Labute approximate surface area is 77.1 Å². The maximum Gasteiger partial charge on any atom is 0.306 e. The van der Waals surface area contributed by atoms with Gasteiger partial charge in [0.15, 0.2) is 0 Å². The zero-order chi connectivity index (χ0) is 9.84. The van der Waals surface area contributed by atoms with Crippen LogP contribution in [0.25, 0.3) is 0 Å². The van der Waals surface area contributed by atoms with E-state index in [9.17, 15) is 9.90 Å². The van der Waals surface area contributed by atoms with Gasteiger partial charge in [-0.15, -0.1) is 0 Å². The fourth-order valence-electron chi connectivity index (χ4n) is 1.59. The zero-order valence-electron chi connectivity index (χ0n) is 7.52. The topological polar surface area (TPSA) is 86.8 Å². The van der Waals surface area contributed by atoms with Gasteiger partial charge in [0.05, 0.1) is 12.5 Å². The van der Waals surface area contributed by atoms with Gasteiger partial charge in [-0.3, -0.25) is 9.69 Å². The lowest BCUT2D eigenvalue weighted by Gasteiger charge is -2.18. The van der Waals surface area contributed by atoms with Crippen LogP contribution in [0.1, 0.15) is 12.8 Å². The summed E-state index contributed by atoms with van der Waals surface area (Å²) in [6.45, 7) is 2.04. The third-order valence-electron chi connectivity index (χ3n) is 2.19. The number of aliphatic hydroxyl groups excluding tert-OH is 1. The summed E-state index contributed by atoms with van der Waals surface area (Å²) in [6.07, 6.45) is -0.0336. The van der Waals surface area contributed by atoms with E-state index in [4.69, 9.17) is 10.8 Å². The van der Waals surface area contributed by atoms with E-state index in [0.717, 1.165) is 19.5 Å². The van der Waals surface area contributed by atoms with Crippen molar-refractivity contribution in [3.63, 3.8) is 0 Å². The van der Waals surface area contributed by atoms with Crippen LogP contribution in [0.3, 0.4) is 0 Å². The Balaban J connectivity index is 2.20. The number of aliphatic carboxylic acids is 1. The van der Waals surface area contributed by atoms with E-state index >= 15 is 0 Å². The maximum absolute atomic E-state index is 10.2. The summed E-state index contributed by atoms with van der Waals surface area (Å²) in [7, 11) is 0. The van der Waals surface area contributed by atoms with Gasteiger partial charge in [-0.1, -0.05) is 0 Å². The fourth-order valence-corrected chi connectivity index (χ4v) is 1.59. The zero-order valence-corrected chi connectivity index (χ0v) is 7.52. The first-order chi connectivity index (χ1) is 6.08. The summed E-state index contributed by atoms with van der Waals surface area (Å²) in [4.78, 5) is 12.2. The predicted molar refractivity (Wildman–Crippen MR) is 47.3 cm³/mol. The Morgan fingerprint density at radius 3 is 2.85 bits per heavy atom. The first-order valence-electron chi connectivity index (χ1n) is 4.45. The van der Waals surface area contributed by atoms with E-state index in [1.807, 2.05) is 4.90 Å². The molecule has 76 valence electrons. The largest absolute Gasteiger partial charge is 0.481 e. The summed E-state index contributed by atoms with van der Waals surface area (Å²) in [6, 6.07) is 0.178. The van der Waals surface area contributed by atoms with Crippen LogP contribution in [0, 0.1) is 0 Å². The van der Waals surface area contributed by atoms with Crippen molar-refractivity contribution in [1.82, 2.24) is 4.90 Å². The Morgan fingerprint density at radius 2 is 2.38 bits per heavy atom.